The van der Waals surface area contributed by atoms with Gasteiger partial charge in [-0.15, -0.1) is 0 Å². The zero-order valence-corrected chi connectivity index (χ0v) is 11.6. The van der Waals surface area contributed by atoms with Crippen LogP contribution in [0.3, 0.4) is 0 Å². The van der Waals surface area contributed by atoms with Gasteiger partial charge in [0.05, 0.1) is 6.54 Å². The fourth-order valence-corrected chi connectivity index (χ4v) is 2.07. The van der Waals surface area contributed by atoms with Crippen molar-refractivity contribution < 1.29 is 9.59 Å². The summed E-state index contributed by atoms with van der Waals surface area (Å²) in [5.41, 5.74) is 2.99. The molecule has 102 valence electrons. The topological polar surface area (TPSA) is 58.2 Å². The number of aryl methyl sites for hydroxylation is 1. The molecule has 1 saturated carbocycles. The van der Waals surface area contributed by atoms with E-state index in [1.54, 1.807) is 0 Å². The zero-order chi connectivity index (χ0) is 14.0. The van der Waals surface area contributed by atoms with Gasteiger partial charge in [0.15, 0.2) is 0 Å². The molecule has 1 fully saturated rings. The molecule has 0 spiro atoms. The summed E-state index contributed by atoms with van der Waals surface area (Å²) in [7, 11) is 0. The average molecular weight is 260 g/mol. The van der Waals surface area contributed by atoms with E-state index >= 15 is 0 Å². The number of amides is 2. The van der Waals surface area contributed by atoms with E-state index in [2.05, 4.69) is 10.6 Å². The molecule has 2 atom stereocenters. The van der Waals surface area contributed by atoms with E-state index in [0.29, 0.717) is 5.92 Å². The van der Waals surface area contributed by atoms with Crippen molar-refractivity contribution in [3.05, 3.63) is 29.3 Å². The first kappa shape index (κ1) is 13.6. The lowest BCUT2D eigenvalue weighted by Crippen LogP contribution is -2.34. The maximum Gasteiger partial charge on any atom is 0.243 e. The predicted octanol–water partition coefficient (Wildman–Crippen LogP) is 2.01. The molecule has 2 amide bonds. The van der Waals surface area contributed by atoms with Crippen molar-refractivity contribution in [2.45, 2.75) is 27.2 Å². The molecule has 19 heavy (non-hydrogen) atoms. The Morgan fingerprint density at radius 1 is 1.32 bits per heavy atom. The van der Waals surface area contributed by atoms with Crippen molar-refractivity contribution >= 4 is 17.5 Å². The number of anilines is 1. The molecular formula is C15H20N2O2. The molecule has 0 saturated heterocycles. The fraction of sp³-hybridized carbons (Fsp3) is 0.467. The summed E-state index contributed by atoms with van der Waals surface area (Å²) in [6, 6.07) is 5.77. The number of benzene rings is 1. The Hall–Kier alpha value is -1.84. The van der Waals surface area contributed by atoms with Crippen LogP contribution in [-0.2, 0) is 9.59 Å². The summed E-state index contributed by atoms with van der Waals surface area (Å²) in [6.45, 7) is 6.05. The highest BCUT2D eigenvalue weighted by Crippen LogP contribution is 2.37. The van der Waals surface area contributed by atoms with Crippen molar-refractivity contribution in [3.8, 4) is 0 Å². The predicted molar refractivity (Wildman–Crippen MR) is 74.8 cm³/mol. The van der Waals surface area contributed by atoms with Gasteiger partial charge in [0, 0.05) is 11.6 Å². The van der Waals surface area contributed by atoms with Gasteiger partial charge in [0.1, 0.15) is 0 Å². The third-order valence-electron chi connectivity index (χ3n) is 3.75. The average Bonchev–Trinajstić information content (AvgIpc) is 3.09. The number of carbonyl (C=O) groups excluding carboxylic acids is 2. The van der Waals surface area contributed by atoms with Gasteiger partial charge in [-0.3, -0.25) is 9.59 Å². The summed E-state index contributed by atoms with van der Waals surface area (Å²) < 4.78 is 0. The first-order chi connectivity index (χ1) is 8.99. The second kappa shape index (κ2) is 5.43. The second-order valence-corrected chi connectivity index (χ2v) is 5.33. The molecule has 4 nitrogen and oxygen atoms in total. The smallest absolute Gasteiger partial charge is 0.243 e. The molecule has 1 aliphatic carbocycles. The second-order valence-electron chi connectivity index (χ2n) is 5.33. The molecule has 2 N–H and O–H groups in total. The normalized spacial score (nSPS) is 20.8. The summed E-state index contributed by atoms with van der Waals surface area (Å²) in [6.07, 6.45) is 0.935. The van der Waals surface area contributed by atoms with Crippen LogP contribution < -0.4 is 10.6 Å². The molecule has 4 heteroatoms. The molecule has 0 aliphatic heterocycles. The third-order valence-corrected chi connectivity index (χ3v) is 3.75. The van der Waals surface area contributed by atoms with Crippen molar-refractivity contribution in [2.75, 3.05) is 11.9 Å². The molecule has 1 aliphatic rings. The minimum atomic E-state index is -0.185. The molecule has 0 unspecified atom stereocenters. The highest BCUT2D eigenvalue weighted by Gasteiger charge is 2.38. The lowest BCUT2D eigenvalue weighted by molar-refractivity contribution is -0.125. The van der Waals surface area contributed by atoms with Gasteiger partial charge < -0.3 is 10.6 Å². The lowest BCUT2D eigenvalue weighted by Gasteiger charge is -2.10. The van der Waals surface area contributed by atoms with Crippen molar-refractivity contribution in [2.24, 2.45) is 11.8 Å². The Labute approximate surface area is 113 Å². The minimum absolute atomic E-state index is 0.0105. The molecule has 0 radical (unpaired) electrons. The maximum absolute atomic E-state index is 11.8. The van der Waals surface area contributed by atoms with Gasteiger partial charge in [-0.25, -0.2) is 0 Å². The first-order valence-corrected chi connectivity index (χ1v) is 6.63. The summed E-state index contributed by atoms with van der Waals surface area (Å²) >= 11 is 0. The van der Waals surface area contributed by atoms with Crippen LogP contribution in [0.25, 0.3) is 0 Å². The summed E-state index contributed by atoms with van der Waals surface area (Å²) in [5, 5.41) is 5.50. The van der Waals surface area contributed by atoms with Crippen LogP contribution in [-0.4, -0.2) is 18.4 Å². The standard InChI is InChI=1S/C15H20N2O2/c1-9-5-4-6-13(11(9)3)17-14(18)8-16-15(19)12-7-10(12)2/h4-6,10,12H,7-8H2,1-3H3,(H,16,19)(H,17,18)/t10-,12-/m1/s1. The Bertz CT molecular complexity index is 511. The number of nitrogens with one attached hydrogen (secondary N) is 2. The van der Waals surface area contributed by atoms with E-state index in [1.807, 2.05) is 39.0 Å². The van der Waals surface area contributed by atoms with E-state index < -0.39 is 0 Å². The Kier molecular flexibility index (Phi) is 3.88. The monoisotopic (exact) mass is 260 g/mol. The van der Waals surface area contributed by atoms with Gasteiger partial charge in [0.2, 0.25) is 11.8 Å². The van der Waals surface area contributed by atoms with E-state index in [0.717, 1.165) is 23.2 Å². The molecule has 0 aromatic heterocycles. The molecular weight excluding hydrogens is 240 g/mol. The number of hydrogen-bond donors (Lipinski definition) is 2. The zero-order valence-electron chi connectivity index (χ0n) is 11.6. The van der Waals surface area contributed by atoms with E-state index in [9.17, 15) is 9.59 Å². The van der Waals surface area contributed by atoms with Crippen LogP contribution >= 0.6 is 0 Å². The third kappa shape index (κ3) is 3.34. The highest BCUT2D eigenvalue weighted by molar-refractivity contribution is 5.95. The van der Waals surface area contributed by atoms with Gasteiger partial charge >= 0.3 is 0 Å². The van der Waals surface area contributed by atoms with Crippen LogP contribution in [0.15, 0.2) is 18.2 Å². The molecule has 1 aromatic carbocycles. The Morgan fingerprint density at radius 3 is 2.63 bits per heavy atom. The maximum atomic E-state index is 11.8. The fourth-order valence-electron chi connectivity index (χ4n) is 2.07. The largest absolute Gasteiger partial charge is 0.347 e. The molecule has 2 rings (SSSR count). The Balaban J connectivity index is 1.84. The number of carbonyl (C=O) groups is 2. The van der Waals surface area contributed by atoms with Gasteiger partial charge in [-0.1, -0.05) is 19.1 Å². The number of hydrogen-bond acceptors (Lipinski definition) is 2. The molecule has 0 heterocycles. The van der Waals surface area contributed by atoms with Crippen LogP contribution in [0.5, 0.6) is 0 Å². The number of rotatable bonds is 4. The first-order valence-electron chi connectivity index (χ1n) is 6.63. The summed E-state index contributed by atoms with van der Waals surface area (Å²) in [5.74, 6) is 0.370. The van der Waals surface area contributed by atoms with Gasteiger partial charge in [-0.2, -0.15) is 0 Å². The van der Waals surface area contributed by atoms with Crippen molar-refractivity contribution in [1.29, 1.82) is 0 Å². The highest BCUT2D eigenvalue weighted by atomic mass is 16.2. The van der Waals surface area contributed by atoms with Crippen molar-refractivity contribution in [1.82, 2.24) is 5.32 Å². The van der Waals surface area contributed by atoms with Crippen LogP contribution in [0, 0.1) is 25.7 Å². The lowest BCUT2D eigenvalue weighted by atomic mass is 10.1. The quantitative estimate of drug-likeness (QED) is 0.870. The van der Waals surface area contributed by atoms with Gasteiger partial charge in [0.25, 0.3) is 0 Å². The van der Waals surface area contributed by atoms with Crippen LogP contribution in [0.4, 0.5) is 5.69 Å². The van der Waals surface area contributed by atoms with E-state index in [-0.39, 0.29) is 24.3 Å². The SMILES string of the molecule is Cc1cccc(NC(=O)CNC(=O)[C@@H]2C[C@H]2C)c1C. The Morgan fingerprint density at radius 2 is 2.00 bits per heavy atom. The van der Waals surface area contributed by atoms with E-state index in [1.165, 1.54) is 0 Å². The van der Waals surface area contributed by atoms with Gasteiger partial charge in [-0.05, 0) is 43.4 Å². The summed E-state index contributed by atoms with van der Waals surface area (Å²) in [4.78, 5) is 23.4. The molecule has 0 bridgehead atoms. The van der Waals surface area contributed by atoms with Crippen molar-refractivity contribution in [3.63, 3.8) is 0 Å². The van der Waals surface area contributed by atoms with Crippen LogP contribution in [0.2, 0.25) is 0 Å². The van der Waals surface area contributed by atoms with E-state index in [4.69, 9.17) is 0 Å². The van der Waals surface area contributed by atoms with Crippen LogP contribution in [0.1, 0.15) is 24.5 Å². The minimum Gasteiger partial charge on any atom is -0.347 e. The molecule has 1 aromatic rings.